The van der Waals surface area contributed by atoms with Crippen molar-refractivity contribution in [1.29, 1.82) is 0 Å². The number of ether oxygens (including phenoxy) is 4. The van der Waals surface area contributed by atoms with Crippen molar-refractivity contribution in [1.82, 2.24) is 0 Å². The second kappa shape index (κ2) is 48.2. The van der Waals surface area contributed by atoms with E-state index in [1.807, 2.05) is 0 Å². The van der Waals surface area contributed by atoms with Crippen molar-refractivity contribution >= 4 is 16.4 Å². The van der Waals surface area contributed by atoms with Crippen molar-refractivity contribution in [2.24, 2.45) is 0 Å². The van der Waals surface area contributed by atoms with E-state index < -0.39 is 59.8 Å². The maximum atomic E-state index is 12.9. The fraction of sp³-hybridized carbons (Fsp3) is 0.610. The van der Waals surface area contributed by atoms with Crippen LogP contribution in [0.3, 0.4) is 0 Å². The van der Waals surface area contributed by atoms with Crippen LogP contribution in [0.25, 0.3) is 0 Å². The number of hydrogen-bond donors (Lipinski definition) is 4. The Hall–Kier alpha value is -3.76. The highest BCUT2D eigenvalue weighted by molar-refractivity contribution is 7.80. The molecule has 6 unspecified atom stereocenters. The molecule has 1 aliphatic heterocycles. The van der Waals surface area contributed by atoms with Crippen molar-refractivity contribution in [2.45, 2.75) is 205 Å². The molecule has 72 heavy (non-hydrogen) atoms. The van der Waals surface area contributed by atoms with Gasteiger partial charge in [0, 0.05) is 13.0 Å². The highest BCUT2D eigenvalue weighted by Gasteiger charge is 2.48. The maximum Gasteiger partial charge on any atom is 0.397 e. The van der Waals surface area contributed by atoms with Crippen LogP contribution in [-0.4, -0.2) is 97.5 Å². The third kappa shape index (κ3) is 40.7. The van der Waals surface area contributed by atoms with E-state index in [0.717, 1.165) is 141 Å². The van der Waals surface area contributed by atoms with E-state index in [1.165, 1.54) is 0 Å². The molecule has 12 nitrogen and oxygen atoms in total. The van der Waals surface area contributed by atoms with Gasteiger partial charge < -0.3 is 34.3 Å². The second-order valence-corrected chi connectivity index (χ2v) is 18.7. The molecule has 408 valence electrons. The summed E-state index contributed by atoms with van der Waals surface area (Å²) in [5, 5.41) is 30.8. The Balaban J connectivity index is 2.40. The first-order valence-electron chi connectivity index (χ1n) is 26.9. The van der Waals surface area contributed by atoms with Gasteiger partial charge in [-0.2, -0.15) is 8.42 Å². The van der Waals surface area contributed by atoms with E-state index in [2.05, 4.69) is 152 Å². The Morgan fingerprint density at radius 2 is 0.917 bits per heavy atom. The standard InChI is InChI=1S/C59H94O12S/c1-3-5-7-9-11-13-15-17-19-21-23-25-26-27-29-31-33-35-37-39-41-43-45-47-49-67-51-53(52-68-59-57(63)58(71-72(64,65)66)56(62)54(50-60)70-59)69-55(61)48-46-44-42-40-38-36-34-32-30-28-24-22-20-18-16-14-12-10-8-6-4-2/h5-8,11-14,17-20,23-25,27-29,32-35,53-54,56-60,62-63H,3-4,9-10,15-16,21-22,26,30-31,36-52H2,1-2H3,(H,64,65,66)/b7-5-,8-6-,13-11-,14-12-,19-17-,20-18-,25-23-,28-24-,29-27-,34-32-,35-33-. The lowest BCUT2D eigenvalue weighted by Gasteiger charge is -2.41. The average Bonchev–Trinajstić information content (AvgIpc) is 3.36. The third-order valence-corrected chi connectivity index (χ3v) is 11.7. The summed E-state index contributed by atoms with van der Waals surface area (Å²) in [6.45, 7) is 3.67. The maximum absolute atomic E-state index is 12.9. The molecule has 0 radical (unpaired) electrons. The Kier molecular flexibility index (Phi) is 44.4. The van der Waals surface area contributed by atoms with E-state index in [1.54, 1.807) is 0 Å². The molecule has 0 aliphatic carbocycles. The lowest BCUT2D eigenvalue weighted by molar-refractivity contribution is -0.301. The molecule has 0 aromatic heterocycles. The van der Waals surface area contributed by atoms with Gasteiger partial charge in [0.2, 0.25) is 0 Å². The molecule has 1 saturated heterocycles. The van der Waals surface area contributed by atoms with E-state index in [9.17, 15) is 33.1 Å². The molecule has 1 heterocycles. The lowest BCUT2D eigenvalue weighted by atomic mass is 9.99. The highest BCUT2D eigenvalue weighted by Crippen LogP contribution is 2.26. The molecule has 0 saturated carbocycles. The van der Waals surface area contributed by atoms with E-state index in [4.69, 9.17) is 18.9 Å². The molecule has 0 bridgehead atoms. The quantitative estimate of drug-likeness (QED) is 0.0197. The molecule has 1 fully saturated rings. The number of rotatable bonds is 45. The van der Waals surface area contributed by atoms with Gasteiger partial charge in [0.15, 0.2) is 6.29 Å². The van der Waals surface area contributed by atoms with Crippen molar-refractivity contribution < 1.29 is 56.2 Å². The molecule has 13 heteroatoms. The summed E-state index contributed by atoms with van der Waals surface area (Å²) in [4.78, 5) is 12.9. The fourth-order valence-electron chi connectivity index (χ4n) is 7.29. The number of carbonyl (C=O) groups is 1. The molecule has 1 rings (SSSR count). The van der Waals surface area contributed by atoms with Gasteiger partial charge in [-0.15, -0.1) is 0 Å². The first-order chi connectivity index (χ1) is 35.1. The van der Waals surface area contributed by atoms with Crippen LogP contribution in [0.2, 0.25) is 0 Å². The van der Waals surface area contributed by atoms with E-state index in [0.29, 0.717) is 13.0 Å². The minimum Gasteiger partial charge on any atom is -0.457 e. The van der Waals surface area contributed by atoms with Gasteiger partial charge >= 0.3 is 16.4 Å². The van der Waals surface area contributed by atoms with Crippen molar-refractivity contribution in [2.75, 3.05) is 26.4 Å². The van der Waals surface area contributed by atoms with Crippen LogP contribution in [0, 0.1) is 0 Å². The number of unbranched alkanes of at least 4 members (excludes halogenated alkanes) is 10. The van der Waals surface area contributed by atoms with Crippen LogP contribution in [0.5, 0.6) is 0 Å². The number of carbonyl (C=O) groups excluding carboxylic acids is 1. The monoisotopic (exact) mass is 1030 g/mol. The number of esters is 1. The SMILES string of the molecule is CC/C=C\C/C=C\C/C=C\C/C=C\C/C=C\C/C=C\CCCCCCCOCC(COC1OC(CO)C(O)C(OS(=O)(=O)O)C1O)OC(=O)CCCCCCC/C=C\C/C=C\C/C=C\C/C=C\C/C=C\CC. The van der Waals surface area contributed by atoms with Gasteiger partial charge in [0.25, 0.3) is 0 Å². The molecule has 6 atom stereocenters. The van der Waals surface area contributed by atoms with Gasteiger partial charge in [0.05, 0.1) is 19.8 Å². The van der Waals surface area contributed by atoms with E-state index in [-0.39, 0.29) is 19.6 Å². The molecular weight excluding hydrogens is 933 g/mol. The number of aliphatic hydroxyl groups is 3. The summed E-state index contributed by atoms with van der Waals surface area (Å²) in [6, 6.07) is 0. The van der Waals surface area contributed by atoms with Crippen LogP contribution in [0.4, 0.5) is 0 Å². The van der Waals surface area contributed by atoms with Crippen LogP contribution in [-0.2, 0) is 38.3 Å². The summed E-state index contributed by atoms with van der Waals surface area (Å²) in [6.07, 6.45) is 61.9. The highest BCUT2D eigenvalue weighted by atomic mass is 32.3. The Morgan fingerprint density at radius 3 is 1.33 bits per heavy atom. The lowest BCUT2D eigenvalue weighted by Crippen LogP contribution is -2.60. The molecule has 0 aromatic carbocycles. The van der Waals surface area contributed by atoms with Crippen molar-refractivity contribution in [3.05, 3.63) is 134 Å². The fourth-order valence-corrected chi connectivity index (χ4v) is 7.80. The Bertz CT molecular complexity index is 1760. The molecular formula is C59H94O12S. The number of hydrogen-bond acceptors (Lipinski definition) is 11. The molecule has 1 aliphatic rings. The van der Waals surface area contributed by atoms with Crippen LogP contribution in [0.15, 0.2) is 134 Å². The van der Waals surface area contributed by atoms with Crippen molar-refractivity contribution in [3.8, 4) is 0 Å². The number of aliphatic hydroxyl groups excluding tert-OH is 3. The van der Waals surface area contributed by atoms with Gasteiger partial charge in [0.1, 0.15) is 30.5 Å². The van der Waals surface area contributed by atoms with Crippen LogP contribution < -0.4 is 0 Å². The first-order valence-corrected chi connectivity index (χ1v) is 28.3. The molecule has 4 N–H and O–H groups in total. The van der Waals surface area contributed by atoms with Gasteiger partial charge in [-0.3, -0.25) is 9.35 Å². The van der Waals surface area contributed by atoms with Crippen LogP contribution >= 0.6 is 0 Å². The summed E-state index contributed by atoms with van der Waals surface area (Å²) >= 11 is 0. The van der Waals surface area contributed by atoms with Gasteiger partial charge in [-0.25, -0.2) is 4.18 Å². The Morgan fingerprint density at radius 1 is 0.528 bits per heavy atom. The zero-order valence-electron chi connectivity index (χ0n) is 43.9. The summed E-state index contributed by atoms with van der Waals surface area (Å²) in [7, 11) is -5.08. The number of allylic oxidation sites excluding steroid dienone is 22. The smallest absolute Gasteiger partial charge is 0.397 e. The van der Waals surface area contributed by atoms with E-state index >= 15 is 0 Å². The predicted octanol–water partition coefficient (Wildman–Crippen LogP) is 13.1. The van der Waals surface area contributed by atoms with Gasteiger partial charge in [-0.05, 0) is 109 Å². The normalized spacial score (nSPS) is 20.0. The van der Waals surface area contributed by atoms with Gasteiger partial charge in [-0.1, -0.05) is 186 Å². The molecule has 0 spiro atoms. The zero-order chi connectivity index (χ0) is 52.4. The minimum absolute atomic E-state index is 0.00401. The summed E-state index contributed by atoms with van der Waals surface area (Å²) in [5.41, 5.74) is 0. The largest absolute Gasteiger partial charge is 0.457 e. The predicted molar refractivity (Wildman–Crippen MR) is 294 cm³/mol. The van der Waals surface area contributed by atoms with Crippen molar-refractivity contribution in [3.63, 3.8) is 0 Å². The average molecular weight is 1030 g/mol. The van der Waals surface area contributed by atoms with Crippen LogP contribution in [0.1, 0.15) is 168 Å². The second-order valence-electron chi connectivity index (χ2n) is 17.7. The summed E-state index contributed by atoms with van der Waals surface area (Å²) < 4.78 is 59.3. The Labute approximate surface area is 435 Å². The summed E-state index contributed by atoms with van der Waals surface area (Å²) in [5.74, 6) is -0.431. The zero-order valence-corrected chi connectivity index (χ0v) is 44.7. The third-order valence-electron chi connectivity index (χ3n) is 11.3. The first kappa shape index (κ1) is 66.3. The molecule has 0 aromatic rings. The topological polar surface area (TPSA) is 178 Å². The molecule has 0 amide bonds. The minimum atomic E-state index is -5.08.